The molecule has 1 aromatic carbocycles. The quantitative estimate of drug-likeness (QED) is 0.885. The van der Waals surface area contributed by atoms with Crippen molar-refractivity contribution in [1.29, 1.82) is 0 Å². The van der Waals surface area contributed by atoms with Crippen LogP contribution < -0.4 is 11.2 Å². The normalized spacial score (nSPS) is 18.8. The van der Waals surface area contributed by atoms with Gasteiger partial charge in [0.1, 0.15) is 5.58 Å². The smallest absolute Gasteiger partial charge is 0.134 e. The number of hydrogen-bond acceptors (Lipinski definition) is 4. The number of hydrogen-bond donors (Lipinski definition) is 2. The Hall–Kier alpha value is -1.36. The molecule has 1 aliphatic heterocycles. The van der Waals surface area contributed by atoms with Crippen LogP contribution in [-0.4, -0.2) is 24.6 Å². The van der Waals surface area contributed by atoms with E-state index in [0.717, 1.165) is 29.6 Å². The molecule has 4 nitrogen and oxygen atoms in total. The fourth-order valence-electron chi connectivity index (χ4n) is 2.76. The van der Waals surface area contributed by atoms with Gasteiger partial charge in [-0.2, -0.15) is 0 Å². The largest absolute Gasteiger partial charge is 0.464 e. The first-order chi connectivity index (χ1) is 9.38. The number of nitrogens with two attached hydrogens (primary N) is 1. The predicted octanol–water partition coefficient (Wildman–Crippen LogP) is 2.42. The third-order valence-corrected chi connectivity index (χ3v) is 3.82. The van der Waals surface area contributed by atoms with Gasteiger partial charge in [0, 0.05) is 30.6 Å². The van der Waals surface area contributed by atoms with E-state index in [1.165, 1.54) is 19.3 Å². The molecule has 3 N–H and O–H groups in total. The minimum Gasteiger partial charge on any atom is -0.464 e. The molecule has 1 atom stereocenters. The zero-order valence-corrected chi connectivity index (χ0v) is 11.1. The summed E-state index contributed by atoms with van der Waals surface area (Å²) in [7, 11) is 0. The topological polar surface area (TPSA) is 54.4 Å². The third-order valence-electron chi connectivity index (χ3n) is 3.82. The predicted molar refractivity (Wildman–Crippen MR) is 76.6 cm³/mol. The molecular weight excluding hydrogens is 238 g/mol. The lowest BCUT2D eigenvalue weighted by Gasteiger charge is -2.31. The number of nitrogens with zero attached hydrogens (tertiary/aromatic N) is 1. The summed E-state index contributed by atoms with van der Waals surface area (Å²) >= 11 is 0. The van der Waals surface area contributed by atoms with Crippen molar-refractivity contribution in [3.8, 4) is 0 Å². The van der Waals surface area contributed by atoms with Gasteiger partial charge in [0.15, 0.2) is 0 Å². The second-order valence-electron chi connectivity index (χ2n) is 5.15. The molecule has 0 amide bonds. The van der Waals surface area contributed by atoms with Crippen molar-refractivity contribution >= 4 is 11.0 Å². The highest BCUT2D eigenvalue weighted by Crippen LogP contribution is 2.26. The highest BCUT2D eigenvalue weighted by atomic mass is 16.3. The van der Waals surface area contributed by atoms with Crippen LogP contribution in [0.15, 0.2) is 34.9 Å². The van der Waals surface area contributed by atoms with Gasteiger partial charge in [-0.15, -0.1) is 0 Å². The van der Waals surface area contributed by atoms with Crippen molar-refractivity contribution in [3.63, 3.8) is 0 Å². The monoisotopic (exact) mass is 259 g/mol. The molecular formula is C15H21N3O. The summed E-state index contributed by atoms with van der Waals surface area (Å²) in [5, 5.41) is 3.45. The zero-order chi connectivity index (χ0) is 13.1. The zero-order valence-electron chi connectivity index (χ0n) is 11.1. The van der Waals surface area contributed by atoms with Crippen LogP contribution in [0.3, 0.4) is 0 Å². The number of hydrazine groups is 1. The van der Waals surface area contributed by atoms with E-state index in [4.69, 9.17) is 10.2 Å². The summed E-state index contributed by atoms with van der Waals surface area (Å²) in [6.07, 6.45) is 5.69. The van der Waals surface area contributed by atoms with Gasteiger partial charge in [0.25, 0.3) is 0 Å². The summed E-state index contributed by atoms with van der Waals surface area (Å²) in [6, 6.07) is 8.24. The van der Waals surface area contributed by atoms with Gasteiger partial charge in [-0.05, 0) is 18.9 Å². The number of nitrogens with one attached hydrogen (secondary N) is 1. The Morgan fingerprint density at radius 3 is 2.79 bits per heavy atom. The van der Waals surface area contributed by atoms with Crippen molar-refractivity contribution in [2.45, 2.75) is 25.3 Å². The first-order valence-electron chi connectivity index (χ1n) is 7.06. The molecule has 4 heteroatoms. The Morgan fingerprint density at radius 2 is 2.00 bits per heavy atom. The van der Waals surface area contributed by atoms with Crippen LogP contribution in [0.2, 0.25) is 0 Å². The summed E-state index contributed by atoms with van der Waals surface area (Å²) in [5.74, 6) is 0. The molecule has 102 valence electrons. The maximum absolute atomic E-state index is 5.94. The van der Waals surface area contributed by atoms with Gasteiger partial charge in [0.2, 0.25) is 0 Å². The Labute approximate surface area is 113 Å². The van der Waals surface area contributed by atoms with Gasteiger partial charge in [-0.25, -0.2) is 10.4 Å². The first-order valence-corrected chi connectivity index (χ1v) is 7.06. The molecule has 0 radical (unpaired) electrons. The molecule has 19 heavy (non-hydrogen) atoms. The fraction of sp³-hybridized carbons (Fsp3) is 0.467. The average Bonchev–Trinajstić information content (AvgIpc) is 2.90. The van der Waals surface area contributed by atoms with E-state index in [1.807, 2.05) is 24.5 Å². The fourth-order valence-corrected chi connectivity index (χ4v) is 2.76. The molecule has 3 rings (SSSR count). The molecule has 0 bridgehead atoms. The lowest BCUT2D eigenvalue weighted by Crippen LogP contribution is -2.45. The third kappa shape index (κ3) is 2.66. The van der Waals surface area contributed by atoms with Crippen LogP contribution in [0.4, 0.5) is 0 Å². The average molecular weight is 259 g/mol. The van der Waals surface area contributed by atoms with E-state index in [9.17, 15) is 0 Å². The van der Waals surface area contributed by atoms with Gasteiger partial charge in [0.05, 0.1) is 12.3 Å². The lowest BCUT2D eigenvalue weighted by molar-refractivity contribution is 0.130. The Bertz CT molecular complexity index is 531. The second kappa shape index (κ2) is 5.74. The number of fused-ring (bicyclic) bond motifs is 1. The van der Waals surface area contributed by atoms with Gasteiger partial charge < -0.3 is 10.2 Å². The molecule has 1 fully saturated rings. The maximum Gasteiger partial charge on any atom is 0.134 e. The van der Waals surface area contributed by atoms with Crippen molar-refractivity contribution in [2.24, 2.45) is 5.73 Å². The van der Waals surface area contributed by atoms with E-state index < -0.39 is 0 Å². The summed E-state index contributed by atoms with van der Waals surface area (Å²) in [6.45, 7) is 2.78. The van der Waals surface area contributed by atoms with Crippen LogP contribution in [0, 0.1) is 0 Å². The number of rotatable bonds is 4. The van der Waals surface area contributed by atoms with E-state index in [1.54, 1.807) is 0 Å². The van der Waals surface area contributed by atoms with Crippen LogP contribution in [0.1, 0.15) is 30.9 Å². The molecule has 2 heterocycles. The van der Waals surface area contributed by atoms with E-state index in [0.29, 0.717) is 6.54 Å². The molecule has 0 saturated carbocycles. The molecule has 0 aliphatic carbocycles. The van der Waals surface area contributed by atoms with Crippen molar-refractivity contribution in [3.05, 3.63) is 36.1 Å². The van der Waals surface area contributed by atoms with E-state index >= 15 is 0 Å². The minimum absolute atomic E-state index is 0.127. The number of furan rings is 1. The van der Waals surface area contributed by atoms with E-state index in [-0.39, 0.29) is 6.04 Å². The van der Waals surface area contributed by atoms with Gasteiger partial charge >= 0.3 is 0 Å². The Morgan fingerprint density at radius 1 is 1.21 bits per heavy atom. The summed E-state index contributed by atoms with van der Waals surface area (Å²) < 4.78 is 5.61. The number of benzene rings is 1. The molecule has 1 saturated heterocycles. The van der Waals surface area contributed by atoms with Gasteiger partial charge in [-0.1, -0.05) is 24.6 Å². The summed E-state index contributed by atoms with van der Waals surface area (Å²) in [4.78, 5) is 0. The maximum atomic E-state index is 5.94. The molecule has 1 aliphatic rings. The van der Waals surface area contributed by atoms with Crippen LogP contribution >= 0.6 is 0 Å². The SMILES string of the molecule is NCC(NN1CCCCC1)c1coc2ccccc12. The second-order valence-corrected chi connectivity index (χ2v) is 5.15. The Balaban J connectivity index is 1.81. The number of piperidine rings is 1. The van der Waals surface area contributed by atoms with Crippen molar-refractivity contribution < 1.29 is 4.42 Å². The van der Waals surface area contributed by atoms with Gasteiger partial charge in [-0.3, -0.25) is 0 Å². The Kier molecular flexibility index (Phi) is 3.82. The summed E-state index contributed by atoms with van der Waals surface area (Å²) in [5.41, 5.74) is 11.6. The van der Waals surface area contributed by atoms with Crippen LogP contribution in [-0.2, 0) is 0 Å². The molecule has 2 aromatic rings. The van der Waals surface area contributed by atoms with Crippen molar-refractivity contribution in [2.75, 3.05) is 19.6 Å². The minimum atomic E-state index is 0.127. The van der Waals surface area contributed by atoms with Crippen molar-refractivity contribution in [1.82, 2.24) is 10.4 Å². The van der Waals surface area contributed by atoms with Crippen LogP contribution in [0.5, 0.6) is 0 Å². The molecule has 0 spiro atoms. The lowest BCUT2D eigenvalue weighted by atomic mass is 10.1. The first kappa shape index (κ1) is 12.7. The van der Waals surface area contributed by atoms with E-state index in [2.05, 4.69) is 16.5 Å². The highest BCUT2D eigenvalue weighted by Gasteiger charge is 2.19. The highest BCUT2D eigenvalue weighted by molar-refractivity contribution is 5.81. The molecule has 1 unspecified atom stereocenters. The van der Waals surface area contributed by atoms with Crippen LogP contribution in [0.25, 0.3) is 11.0 Å². The number of para-hydroxylation sites is 1. The standard InChI is InChI=1S/C15H21N3O/c16-10-14(17-18-8-4-1-5-9-18)13-11-19-15-7-3-2-6-12(13)15/h2-3,6-7,11,14,17H,1,4-5,8-10,16H2. The molecule has 1 aromatic heterocycles.